The van der Waals surface area contributed by atoms with Gasteiger partial charge in [-0.3, -0.25) is 0 Å². The van der Waals surface area contributed by atoms with Gasteiger partial charge in [0, 0.05) is 22.3 Å². The van der Waals surface area contributed by atoms with Gasteiger partial charge in [-0.05, 0) is 53.2 Å². The molecule has 0 fully saturated rings. The first kappa shape index (κ1) is 14.8. The highest BCUT2D eigenvalue weighted by Gasteiger charge is 2.05. The van der Waals surface area contributed by atoms with Gasteiger partial charge in [0.1, 0.15) is 0 Å². The highest BCUT2D eigenvalue weighted by Crippen LogP contribution is 2.22. The minimum absolute atomic E-state index is 0.605. The Labute approximate surface area is 137 Å². The number of aromatic nitrogens is 4. The van der Waals surface area contributed by atoms with Gasteiger partial charge in [0.2, 0.25) is 0 Å². The maximum atomic E-state index is 6.17. The van der Waals surface area contributed by atoms with Gasteiger partial charge in [-0.1, -0.05) is 35.3 Å². The number of nitrogens with zero attached hydrogens (tertiary/aromatic N) is 4. The van der Waals surface area contributed by atoms with Crippen LogP contribution in [-0.2, 0) is 6.54 Å². The second-order valence-corrected chi connectivity index (χ2v) is 5.62. The highest BCUT2D eigenvalue weighted by atomic mass is 35.5. The van der Waals surface area contributed by atoms with E-state index in [1.54, 1.807) is 10.7 Å². The number of tetrazole rings is 1. The van der Waals surface area contributed by atoms with E-state index in [9.17, 15) is 0 Å². The molecule has 1 heterocycles. The molecule has 3 rings (SSSR count). The predicted molar refractivity (Wildman–Crippen MR) is 87.7 cm³/mol. The van der Waals surface area contributed by atoms with E-state index >= 15 is 0 Å². The fourth-order valence-electron chi connectivity index (χ4n) is 2.08. The number of aryl methyl sites for hydroxylation is 1. The van der Waals surface area contributed by atoms with Gasteiger partial charge in [-0.25, -0.2) is 0 Å². The number of benzene rings is 2. The fraction of sp³-hybridized carbons (Fsp3) is 0.133. The first-order valence-corrected chi connectivity index (χ1v) is 7.42. The lowest BCUT2D eigenvalue weighted by atomic mass is 10.2. The molecular weight excluding hydrogens is 321 g/mol. The normalized spacial score (nSPS) is 10.7. The number of nitrogens with one attached hydrogen (secondary N) is 1. The Balaban J connectivity index is 1.77. The first-order chi connectivity index (χ1) is 10.6. The summed E-state index contributed by atoms with van der Waals surface area (Å²) < 4.78 is 1.68. The molecule has 0 saturated carbocycles. The summed E-state index contributed by atoms with van der Waals surface area (Å²) >= 11 is 12.1. The zero-order valence-electron chi connectivity index (χ0n) is 11.8. The maximum absolute atomic E-state index is 6.17. The molecule has 7 heteroatoms. The van der Waals surface area contributed by atoms with Crippen LogP contribution in [0.1, 0.15) is 11.4 Å². The Kier molecular flexibility index (Phi) is 4.27. The quantitative estimate of drug-likeness (QED) is 0.786. The fourth-order valence-corrected chi connectivity index (χ4v) is 2.56. The molecule has 1 aromatic heterocycles. The van der Waals surface area contributed by atoms with E-state index in [0.717, 1.165) is 22.8 Å². The van der Waals surface area contributed by atoms with Gasteiger partial charge in [0.05, 0.1) is 5.69 Å². The van der Waals surface area contributed by atoms with Crippen LogP contribution in [0.15, 0.2) is 42.5 Å². The monoisotopic (exact) mass is 333 g/mol. The Morgan fingerprint density at radius 2 is 2.00 bits per heavy atom. The van der Waals surface area contributed by atoms with E-state index in [4.69, 9.17) is 23.2 Å². The predicted octanol–water partition coefficient (Wildman–Crippen LogP) is 3.89. The summed E-state index contributed by atoms with van der Waals surface area (Å²) in [6.45, 7) is 2.46. The summed E-state index contributed by atoms with van der Waals surface area (Å²) in [7, 11) is 0. The molecule has 3 aromatic rings. The molecule has 0 atom stereocenters. The molecule has 0 aliphatic rings. The number of anilines is 1. The molecule has 0 amide bonds. The Morgan fingerprint density at radius 1 is 1.14 bits per heavy atom. The van der Waals surface area contributed by atoms with Crippen molar-refractivity contribution in [3.05, 3.63) is 63.9 Å². The minimum atomic E-state index is 0.605. The van der Waals surface area contributed by atoms with E-state index in [1.165, 1.54) is 0 Å². The van der Waals surface area contributed by atoms with Gasteiger partial charge >= 0.3 is 0 Å². The van der Waals surface area contributed by atoms with Crippen LogP contribution in [0.2, 0.25) is 10.0 Å². The molecule has 0 saturated heterocycles. The van der Waals surface area contributed by atoms with Crippen LogP contribution in [0, 0.1) is 6.92 Å². The van der Waals surface area contributed by atoms with Crippen molar-refractivity contribution in [3.8, 4) is 5.69 Å². The molecule has 1 N–H and O–H groups in total. The maximum Gasteiger partial charge on any atom is 0.153 e. The summed E-state index contributed by atoms with van der Waals surface area (Å²) in [5, 5.41) is 16.1. The van der Waals surface area contributed by atoms with E-state index < -0.39 is 0 Å². The van der Waals surface area contributed by atoms with Crippen molar-refractivity contribution in [1.82, 2.24) is 20.2 Å². The Hall–Kier alpha value is -2.11. The largest absolute Gasteiger partial charge is 0.381 e. The van der Waals surface area contributed by atoms with Crippen LogP contribution >= 0.6 is 23.2 Å². The van der Waals surface area contributed by atoms with Crippen molar-refractivity contribution in [1.29, 1.82) is 0 Å². The third kappa shape index (κ3) is 3.21. The zero-order valence-corrected chi connectivity index (χ0v) is 13.3. The summed E-state index contributed by atoms with van der Waals surface area (Å²) in [5.41, 5.74) is 2.84. The Bertz CT molecular complexity index is 800. The zero-order chi connectivity index (χ0) is 15.5. The molecule has 2 aromatic carbocycles. The molecule has 22 heavy (non-hydrogen) atoms. The van der Waals surface area contributed by atoms with Gasteiger partial charge in [0.25, 0.3) is 0 Å². The highest BCUT2D eigenvalue weighted by molar-refractivity contribution is 6.35. The van der Waals surface area contributed by atoms with Crippen molar-refractivity contribution < 1.29 is 0 Å². The topological polar surface area (TPSA) is 55.6 Å². The number of halogens is 2. The van der Waals surface area contributed by atoms with Crippen LogP contribution in [0.25, 0.3) is 5.69 Å². The van der Waals surface area contributed by atoms with Crippen LogP contribution in [0.4, 0.5) is 5.69 Å². The summed E-state index contributed by atoms with van der Waals surface area (Å²) in [4.78, 5) is 0. The molecular formula is C15H13Cl2N5. The van der Waals surface area contributed by atoms with Crippen molar-refractivity contribution in [3.63, 3.8) is 0 Å². The SMILES string of the molecule is Cc1nnnn1-c1cccc(NCc2ccc(Cl)cc2Cl)c1. The Morgan fingerprint density at radius 3 is 2.73 bits per heavy atom. The summed E-state index contributed by atoms with van der Waals surface area (Å²) in [6, 6.07) is 13.3. The number of rotatable bonds is 4. The molecule has 0 bridgehead atoms. The molecule has 0 aliphatic heterocycles. The van der Waals surface area contributed by atoms with Crippen LogP contribution < -0.4 is 5.32 Å². The third-order valence-electron chi connectivity index (χ3n) is 3.21. The van der Waals surface area contributed by atoms with Crippen molar-refractivity contribution in [2.24, 2.45) is 0 Å². The second-order valence-electron chi connectivity index (χ2n) is 4.78. The van der Waals surface area contributed by atoms with Gasteiger partial charge in [0.15, 0.2) is 5.82 Å². The van der Waals surface area contributed by atoms with Gasteiger partial charge < -0.3 is 5.32 Å². The minimum Gasteiger partial charge on any atom is -0.381 e. The summed E-state index contributed by atoms with van der Waals surface area (Å²) in [6.07, 6.45) is 0. The van der Waals surface area contributed by atoms with E-state index in [-0.39, 0.29) is 0 Å². The van der Waals surface area contributed by atoms with E-state index in [1.807, 2.05) is 43.3 Å². The van der Waals surface area contributed by atoms with Crippen molar-refractivity contribution in [2.75, 3.05) is 5.32 Å². The summed E-state index contributed by atoms with van der Waals surface area (Å²) in [5.74, 6) is 0.734. The van der Waals surface area contributed by atoms with Crippen LogP contribution in [0.5, 0.6) is 0 Å². The smallest absolute Gasteiger partial charge is 0.153 e. The average molecular weight is 334 g/mol. The first-order valence-electron chi connectivity index (χ1n) is 6.67. The molecule has 0 spiro atoms. The van der Waals surface area contributed by atoms with Crippen molar-refractivity contribution in [2.45, 2.75) is 13.5 Å². The van der Waals surface area contributed by atoms with Gasteiger partial charge in [-0.2, -0.15) is 4.68 Å². The lowest BCUT2D eigenvalue weighted by Gasteiger charge is -2.10. The lowest BCUT2D eigenvalue weighted by Crippen LogP contribution is -2.03. The molecule has 112 valence electrons. The van der Waals surface area contributed by atoms with Crippen molar-refractivity contribution >= 4 is 28.9 Å². The number of hydrogen-bond donors (Lipinski definition) is 1. The second kappa shape index (κ2) is 6.34. The molecule has 5 nitrogen and oxygen atoms in total. The molecule has 0 aliphatic carbocycles. The van der Waals surface area contributed by atoms with E-state index in [0.29, 0.717) is 16.6 Å². The van der Waals surface area contributed by atoms with Gasteiger partial charge in [-0.15, -0.1) is 5.10 Å². The average Bonchev–Trinajstić information content (AvgIpc) is 2.93. The number of hydrogen-bond acceptors (Lipinski definition) is 4. The van der Waals surface area contributed by atoms with E-state index in [2.05, 4.69) is 20.8 Å². The molecule has 0 radical (unpaired) electrons. The van der Waals surface area contributed by atoms with Crippen LogP contribution in [0.3, 0.4) is 0 Å². The molecule has 0 unspecified atom stereocenters. The third-order valence-corrected chi connectivity index (χ3v) is 3.80. The van der Waals surface area contributed by atoms with Crippen LogP contribution in [-0.4, -0.2) is 20.2 Å². The lowest BCUT2D eigenvalue weighted by molar-refractivity contribution is 0.779. The standard InChI is InChI=1S/C15H13Cl2N5/c1-10-19-20-21-22(10)14-4-2-3-13(8-14)18-9-11-5-6-12(16)7-15(11)17/h2-8,18H,9H2,1H3.